The number of thiazole rings is 1. The van der Waals surface area contributed by atoms with Gasteiger partial charge in [0.15, 0.2) is 0 Å². The summed E-state index contributed by atoms with van der Waals surface area (Å²) in [6.45, 7) is 10.2. The first-order chi connectivity index (χ1) is 18.6. The number of hydrogen-bond acceptors (Lipinski definition) is 7. The predicted molar refractivity (Wildman–Crippen MR) is 155 cm³/mol. The summed E-state index contributed by atoms with van der Waals surface area (Å²) in [4.78, 5) is 40.3. The summed E-state index contributed by atoms with van der Waals surface area (Å²) in [6.07, 6.45) is 1.77. The van der Waals surface area contributed by atoms with Crippen molar-refractivity contribution in [2.24, 2.45) is 5.73 Å². The van der Waals surface area contributed by atoms with Crippen molar-refractivity contribution in [3.63, 3.8) is 0 Å². The lowest BCUT2D eigenvalue weighted by Crippen LogP contribution is -2.41. The number of fused-ring (bicyclic) bond motifs is 1. The molecule has 0 spiro atoms. The molecule has 8 heteroatoms. The number of esters is 2. The van der Waals surface area contributed by atoms with Crippen LogP contribution in [0.1, 0.15) is 74.6 Å². The Morgan fingerprint density at radius 3 is 2.03 bits per heavy atom. The summed E-state index contributed by atoms with van der Waals surface area (Å²) in [5.41, 5.74) is 10.1. The van der Waals surface area contributed by atoms with Crippen molar-refractivity contribution in [1.29, 1.82) is 0 Å². The normalized spacial score (nSPS) is 15.6. The first kappa shape index (κ1) is 28.1. The molecule has 1 aliphatic rings. The number of carbonyl (C=O) groups excluding carboxylic acids is 2. The molecule has 1 atom stereocenters. The Kier molecular flexibility index (Phi) is 8.25. The van der Waals surface area contributed by atoms with E-state index in [1.165, 1.54) is 17.2 Å². The first-order valence-electron chi connectivity index (χ1n) is 13.0. The second-order valence-corrected chi connectivity index (χ2v) is 11.1. The molecule has 3 aromatic rings. The molecule has 2 heterocycles. The van der Waals surface area contributed by atoms with Crippen molar-refractivity contribution in [2.45, 2.75) is 52.4 Å². The highest BCUT2D eigenvalue weighted by molar-refractivity contribution is 7.07. The van der Waals surface area contributed by atoms with Crippen LogP contribution in [0, 0.1) is 0 Å². The van der Waals surface area contributed by atoms with Gasteiger partial charge in [0.05, 0.1) is 35.3 Å². The summed E-state index contributed by atoms with van der Waals surface area (Å²) in [5.74, 6) is -1.57. The Hall–Kier alpha value is -3.91. The third-order valence-electron chi connectivity index (χ3n) is 6.89. The fraction of sp³-hybridized carbons (Fsp3) is 0.323. The Balaban J connectivity index is 2.04. The number of rotatable bonds is 7. The summed E-state index contributed by atoms with van der Waals surface area (Å²) in [5, 5.41) is 0. The topological polar surface area (TPSA) is 101 Å². The van der Waals surface area contributed by atoms with Gasteiger partial charge in [0, 0.05) is 0 Å². The number of nitrogens with two attached hydrogens (primary N) is 1. The van der Waals surface area contributed by atoms with E-state index in [-0.39, 0.29) is 23.6 Å². The Morgan fingerprint density at radius 2 is 1.51 bits per heavy atom. The zero-order valence-electron chi connectivity index (χ0n) is 23.1. The van der Waals surface area contributed by atoms with Crippen molar-refractivity contribution in [3.8, 4) is 0 Å². The molecule has 2 N–H and O–H groups in total. The third-order valence-corrected chi connectivity index (χ3v) is 7.99. The Morgan fingerprint density at radius 1 is 0.949 bits per heavy atom. The van der Waals surface area contributed by atoms with Gasteiger partial charge in [-0.15, -0.1) is 11.3 Å². The molecule has 0 bridgehead atoms. The van der Waals surface area contributed by atoms with E-state index in [2.05, 4.69) is 27.7 Å². The van der Waals surface area contributed by atoms with Gasteiger partial charge >= 0.3 is 11.9 Å². The molecule has 0 radical (unpaired) electrons. The van der Waals surface area contributed by atoms with Gasteiger partial charge in [-0.05, 0) is 47.1 Å². The van der Waals surface area contributed by atoms with Crippen LogP contribution in [-0.2, 0) is 19.1 Å². The van der Waals surface area contributed by atoms with Gasteiger partial charge in [0.25, 0.3) is 5.56 Å². The smallest absolute Gasteiger partial charge is 0.338 e. The minimum atomic E-state index is -0.867. The van der Waals surface area contributed by atoms with E-state index in [0.717, 1.165) is 22.5 Å². The highest BCUT2D eigenvalue weighted by Crippen LogP contribution is 2.38. The van der Waals surface area contributed by atoms with E-state index in [1.54, 1.807) is 13.0 Å². The second-order valence-electron chi connectivity index (χ2n) is 10.1. The lowest BCUT2D eigenvalue weighted by molar-refractivity contribution is -0.136. The van der Waals surface area contributed by atoms with Crippen LogP contribution in [0.4, 0.5) is 0 Å². The van der Waals surface area contributed by atoms with Gasteiger partial charge in [-0.25, -0.2) is 9.59 Å². The standard InChI is InChI=1S/C31H34N2O5S/c1-7-38-31(36)26-24(22-14-12-21(13-15-22)18(4)5)25(30(35)37-6)27(32)33-28(34)23(39-29(26)33)16-19-8-10-20(11-9-19)17(2)3/h8-18,24H,7,32H2,1-6H3/b23-16-/t24-/m1/s1. The van der Waals surface area contributed by atoms with Crippen LogP contribution in [0.2, 0.25) is 0 Å². The lowest BCUT2D eigenvalue weighted by Gasteiger charge is -2.27. The van der Waals surface area contributed by atoms with Crippen LogP contribution in [0.25, 0.3) is 17.5 Å². The lowest BCUT2D eigenvalue weighted by atomic mass is 9.82. The number of hydrogen-bond donors (Lipinski definition) is 1. The van der Waals surface area contributed by atoms with Crippen molar-refractivity contribution in [3.05, 3.63) is 95.9 Å². The monoisotopic (exact) mass is 546 g/mol. The number of carbonyl (C=O) groups is 2. The zero-order valence-corrected chi connectivity index (χ0v) is 23.9. The van der Waals surface area contributed by atoms with Crippen LogP contribution >= 0.6 is 11.3 Å². The molecule has 0 amide bonds. The number of methoxy groups -OCH3 is 1. The summed E-state index contributed by atoms with van der Waals surface area (Å²) in [6, 6.07) is 15.6. The minimum Gasteiger partial charge on any atom is -0.466 e. The van der Waals surface area contributed by atoms with Crippen LogP contribution < -0.4 is 20.5 Å². The molecular formula is C31H34N2O5S. The molecule has 39 heavy (non-hydrogen) atoms. The largest absolute Gasteiger partial charge is 0.466 e. The van der Waals surface area contributed by atoms with Crippen molar-refractivity contribution in [2.75, 3.05) is 13.7 Å². The first-order valence-corrected chi connectivity index (χ1v) is 13.8. The van der Waals surface area contributed by atoms with Crippen LogP contribution in [0.15, 0.2) is 58.9 Å². The van der Waals surface area contributed by atoms with E-state index in [4.69, 9.17) is 15.2 Å². The van der Waals surface area contributed by atoms with Gasteiger partial charge in [-0.1, -0.05) is 76.2 Å². The number of ether oxygens (including phenoxy) is 2. The third kappa shape index (κ3) is 5.34. The summed E-state index contributed by atoms with van der Waals surface area (Å²) >= 11 is 1.15. The van der Waals surface area contributed by atoms with Gasteiger partial charge in [-0.2, -0.15) is 0 Å². The van der Waals surface area contributed by atoms with Crippen LogP contribution in [0.3, 0.4) is 0 Å². The van der Waals surface area contributed by atoms with E-state index in [1.807, 2.05) is 48.5 Å². The van der Waals surface area contributed by atoms with E-state index in [0.29, 0.717) is 26.6 Å². The van der Waals surface area contributed by atoms with Gasteiger partial charge < -0.3 is 15.2 Å². The highest BCUT2D eigenvalue weighted by atomic mass is 32.1. The second kappa shape index (κ2) is 11.5. The molecular weight excluding hydrogens is 512 g/mol. The zero-order chi connectivity index (χ0) is 28.4. The average molecular weight is 547 g/mol. The summed E-state index contributed by atoms with van der Waals surface area (Å²) < 4.78 is 12.5. The van der Waals surface area contributed by atoms with E-state index >= 15 is 0 Å². The molecule has 4 rings (SSSR count). The van der Waals surface area contributed by atoms with Crippen molar-refractivity contribution < 1.29 is 19.1 Å². The van der Waals surface area contributed by atoms with Gasteiger partial charge in [0.1, 0.15) is 10.5 Å². The molecule has 2 aromatic carbocycles. The maximum absolute atomic E-state index is 13.7. The molecule has 204 valence electrons. The Labute approximate surface area is 231 Å². The molecule has 0 aliphatic carbocycles. The van der Waals surface area contributed by atoms with E-state index in [9.17, 15) is 14.4 Å². The predicted octanol–water partition coefficient (Wildman–Crippen LogP) is 3.80. The maximum atomic E-state index is 13.7. The van der Waals surface area contributed by atoms with Crippen molar-refractivity contribution in [1.82, 2.24) is 4.57 Å². The molecule has 0 saturated heterocycles. The number of aromatic nitrogens is 1. The molecule has 0 fully saturated rings. The van der Waals surface area contributed by atoms with Crippen molar-refractivity contribution >= 4 is 40.7 Å². The quantitative estimate of drug-likeness (QED) is 0.453. The fourth-order valence-electron chi connectivity index (χ4n) is 4.70. The van der Waals surface area contributed by atoms with Gasteiger partial charge in [-0.3, -0.25) is 9.36 Å². The molecule has 1 aliphatic heterocycles. The average Bonchev–Trinajstić information content (AvgIpc) is 3.24. The molecule has 7 nitrogen and oxygen atoms in total. The molecule has 0 saturated carbocycles. The van der Waals surface area contributed by atoms with Crippen LogP contribution in [0.5, 0.6) is 0 Å². The summed E-state index contributed by atoms with van der Waals surface area (Å²) in [7, 11) is 1.25. The highest BCUT2D eigenvalue weighted by Gasteiger charge is 2.39. The SMILES string of the molecule is CCOC(=O)C1=c2s/c(=C\c3ccc(C(C)C)cc3)c(=O)n2C(N)=C(C(=O)OC)[C@H]1c1ccc(C(C)C)cc1. The van der Waals surface area contributed by atoms with E-state index < -0.39 is 23.4 Å². The molecule has 0 unspecified atom stereocenters. The Bertz CT molecular complexity index is 1610. The van der Waals surface area contributed by atoms with Crippen LogP contribution in [-0.4, -0.2) is 30.2 Å². The van der Waals surface area contributed by atoms with Gasteiger partial charge in [0.2, 0.25) is 0 Å². The fourth-order valence-corrected chi connectivity index (χ4v) is 5.86. The minimum absolute atomic E-state index is 0.0260. The number of nitrogens with zero attached hydrogens (tertiary/aromatic N) is 1. The number of benzene rings is 2. The molecule has 1 aromatic heterocycles. The maximum Gasteiger partial charge on any atom is 0.338 e.